The average molecular weight is 326 g/mol. The van der Waals surface area contributed by atoms with Crippen molar-refractivity contribution in [2.45, 2.75) is 23.8 Å². The lowest BCUT2D eigenvalue weighted by Crippen LogP contribution is -2.31. The fourth-order valence-electron chi connectivity index (χ4n) is 2.65. The van der Waals surface area contributed by atoms with Gasteiger partial charge in [-0.25, -0.2) is 12.8 Å². The zero-order chi connectivity index (χ0) is 15.0. The third-order valence-electron chi connectivity index (χ3n) is 3.64. The third-order valence-corrected chi connectivity index (χ3v) is 6.57. The summed E-state index contributed by atoms with van der Waals surface area (Å²) >= 11 is 1.53. The van der Waals surface area contributed by atoms with Crippen molar-refractivity contribution in [2.75, 3.05) is 12.3 Å². The molecule has 1 aliphatic rings. The quantitative estimate of drug-likeness (QED) is 0.882. The molecule has 1 atom stereocenters. The predicted molar refractivity (Wildman–Crippen MR) is 81.0 cm³/mol. The van der Waals surface area contributed by atoms with E-state index in [-0.39, 0.29) is 16.6 Å². The van der Waals surface area contributed by atoms with Crippen LogP contribution in [0.3, 0.4) is 0 Å². The lowest BCUT2D eigenvalue weighted by molar-refractivity contribution is 0.401. The summed E-state index contributed by atoms with van der Waals surface area (Å²) in [5.41, 5.74) is 5.81. The van der Waals surface area contributed by atoms with Gasteiger partial charge in [0.25, 0.3) is 0 Å². The first-order valence-electron chi connectivity index (χ1n) is 6.60. The van der Waals surface area contributed by atoms with Crippen molar-refractivity contribution in [1.82, 2.24) is 4.31 Å². The second kappa shape index (κ2) is 5.40. The highest BCUT2D eigenvalue weighted by Crippen LogP contribution is 2.39. The Labute approximate surface area is 127 Å². The summed E-state index contributed by atoms with van der Waals surface area (Å²) < 4.78 is 40.4. The molecule has 1 saturated heterocycles. The van der Waals surface area contributed by atoms with E-state index in [1.54, 1.807) is 0 Å². The van der Waals surface area contributed by atoms with Crippen LogP contribution in [-0.4, -0.2) is 19.3 Å². The summed E-state index contributed by atoms with van der Waals surface area (Å²) in [5.74, 6) is -0.602. The van der Waals surface area contributed by atoms with Crippen LogP contribution in [0.25, 0.3) is 0 Å². The molecule has 4 nitrogen and oxygen atoms in total. The number of benzene rings is 1. The smallest absolute Gasteiger partial charge is 0.245 e. The first-order chi connectivity index (χ1) is 10.00. The average Bonchev–Trinajstić information content (AvgIpc) is 3.10. The van der Waals surface area contributed by atoms with E-state index in [9.17, 15) is 12.8 Å². The van der Waals surface area contributed by atoms with E-state index in [1.165, 1.54) is 21.7 Å². The summed E-state index contributed by atoms with van der Waals surface area (Å²) in [6.45, 7) is 0.431. The van der Waals surface area contributed by atoms with E-state index in [0.717, 1.165) is 29.9 Å². The third kappa shape index (κ3) is 2.56. The summed E-state index contributed by atoms with van der Waals surface area (Å²) in [7, 11) is -3.79. The molecule has 1 aromatic heterocycles. The number of nitrogens with two attached hydrogens (primary N) is 1. The molecule has 0 radical (unpaired) electrons. The van der Waals surface area contributed by atoms with Crippen molar-refractivity contribution in [3.8, 4) is 0 Å². The van der Waals surface area contributed by atoms with Gasteiger partial charge in [0, 0.05) is 11.4 Å². The molecule has 1 unspecified atom stereocenters. The van der Waals surface area contributed by atoms with Gasteiger partial charge in [0.15, 0.2) is 0 Å². The Morgan fingerprint density at radius 2 is 2.14 bits per heavy atom. The Kier molecular flexibility index (Phi) is 3.73. The summed E-state index contributed by atoms with van der Waals surface area (Å²) in [5, 5.41) is 1.93. The van der Waals surface area contributed by atoms with Crippen LogP contribution < -0.4 is 5.73 Å². The van der Waals surface area contributed by atoms with Crippen molar-refractivity contribution in [3.05, 3.63) is 46.4 Å². The van der Waals surface area contributed by atoms with E-state index in [0.29, 0.717) is 6.54 Å². The van der Waals surface area contributed by atoms with E-state index in [2.05, 4.69) is 0 Å². The largest absolute Gasteiger partial charge is 0.398 e. The minimum absolute atomic E-state index is 0.0771. The normalized spacial score (nSPS) is 20.0. The Morgan fingerprint density at radius 3 is 2.86 bits per heavy atom. The molecule has 3 rings (SSSR count). The van der Waals surface area contributed by atoms with Crippen molar-refractivity contribution >= 4 is 27.0 Å². The molecule has 1 aromatic carbocycles. The Hall–Kier alpha value is -1.44. The van der Waals surface area contributed by atoms with Gasteiger partial charge in [-0.1, -0.05) is 6.07 Å². The van der Waals surface area contributed by atoms with Gasteiger partial charge in [-0.05, 0) is 42.5 Å². The Bertz CT molecular complexity index is 744. The van der Waals surface area contributed by atoms with E-state index >= 15 is 0 Å². The van der Waals surface area contributed by atoms with Gasteiger partial charge in [0.1, 0.15) is 10.7 Å². The molecule has 0 amide bonds. The Balaban J connectivity index is 2.03. The number of thiophene rings is 1. The molecule has 2 N–H and O–H groups in total. The molecule has 112 valence electrons. The lowest BCUT2D eigenvalue weighted by atomic mass is 10.2. The molecule has 21 heavy (non-hydrogen) atoms. The van der Waals surface area contributed by atoms with Gasteiger partial charge in [0.2, 0.25) is 10.0 Å². The Morgan fingerprint density at radius 1 is 1.33 bits per heavy atom. The second-order valence-corrected chi connectivity index (χ2v) is 7.81. The van der Waals surface area contributed by atoms with Crippen LogP contribution in [0.2, 0.25) is 0 Å². The highest BCUT2D eigenvalue weighted by Gasteiger charge is 2.37. The van der Waals surface area contributed by atoms with Crippen LogP contribution in [0, 0.1) is 5.82 Å². The highest BCUT2D eigenvalue weighted by molar-refractivity contribution is 7.89. The molecular formula is C14H15FN2O2S2. The monoisotopic (exact) mass is 326 g/mol. The molecule has 1 fully saturated rings. The predicted octanol–water partition coefficient (Wildman–Crippen LogP) is 3.00. The van der Waals surface area contributed by atoms with Crippen molar-refractivity contribution in [1.29, 1.82) is 0 Å². The first-order valence-corrected chi connectivity index (χ1v) is 8.92. The SMILES string of the molecule is Nc1ccc(F)cc1S(=O)(=O)N1CCCC1c1cccs1. The minimum atomic E-state index is -3.79. The highest BCUT2D eigenvalue weighted by atomic mass is 32.2. The van der Waals surface area contributed by atoms with Crippen LogP contribution in [-0.2, 0) is 10.0 Å². The molecule has 7 heteroatoms. The van der Waals surface area contributed by atoms with E-state index < -0.39 is 15.8 Å². The van der Waals surface area contributed by atoms with Gasteiger partial charge in [0.05, 0.1) is 11.7 Å². The van der Waals surface area contributed by atoms with Crippen molar-refractivity contribution in [2.24, 2.45) is 0 Å². The number of anilines is 1. The summed E-state index contributed by atoms with van der Waals surface area (Å²) in [4.78, 5) is 0.858. The summed E-state index contributed by atoms with van der Waals surface area (Å²) in [6, 6.07) is 7.09. The minimum Gasteiger partial charge on any atom is -0.398 e. The van der Waals surface area contributed by atoms with Crippen molar-refractivity contribution < 1.29 is 12.8 Å². The molecule has 0 spiro atoms. The number of rotatable bonds is 3. The van der Waals surface area contributed by atoms with E-state index in [1.807, 2.05) is 17.5 Å². The van der Waals surface area contributed by atoms with Crippen LogP contribution in [0.4, 0.5) is 10.1 Å². The van der Waals surface area contributed by atoms with Gasteiger partial charge in [-0.2, -0.15) is 4.31 Å². The maximum absolute atomic E-state index is 13.4. The topological polar surface area (TPSA) is 63.4 Å². The van der Waals surface area contributed by atoms with Crippen LogP contribution >= 0.6 is 11.3 Å². The summed E-state index contributed by atoms with van der Waals surface area (Å²) in [6.07, 6.45) is 1.56. The number of nitrogens with zero attached hydrogens (tertiary/aromatic N) is 1. The molecular weight excluding hydrogens is 311 g/mol. The number of hydrogen-bond donors (Lipinski definition) is 1. The van der Waals surface area contributed by atoms with Crippen molar-refractivity contribution in [3.63, 3.8) is 0 Å². The molecule has 2 heterocycles. The lowest BCUT2D eigenvalue weighted by Gasteiger charge is -2.24. The zero-order valence-corrected chi connectivity index (χ0v) is 12.8. The van der Waals surface area contributed by atoms with Gasteiger partial charge < -0.3 is 5.73 Å². The second-order valence-electron chi connectivity index (χ2n) is 4.97. The van der Waals surface area contributed by atoms with Gasteiger partial charge in [-0.3, -0.25) is 0 Å². The van der Waals surface area contributed by atoms with Crippen LogP contribution in [0.15, 0.2) is 40.6 Å². The number of nitrogen functional groups attached to an aromatic ring is 1. The number of halogens is 1. The van der Waals surface area contributed by atoms with E-state index in [4.69, 9.17) is 5.73 Å². The fraction of sp³-hybridized carbons (Fsp3) is 0.286. The zero-order valence-electron chi connectivity index (χ0n) is 11.2. The number of sulfonamides is 1. The molecule has 0 saturated carbocycles. The molecule has 0 aliphatic carbocycles. The fourth-order valence-corrected chi connectivity index (χ4v) is 5.39. The number of hydrogen-bond acceptors (Lipinski definition) is 4. The standard InChI is InChI=1S/C14H15FN2O2S2/c15-10-5-6-11(16)14(9-10)21(18,19)17-7-1-3-12(17)13-4-2-8-20-13/h2,4-6,8-9,12H,1,3,7,16H2. The van der Waals surface area contributed by atoms with Crippen LogP contribution in [0.5, 0.6) is 0 Å². The molecule has 2 aromatic rings. The van der Waals surface area contributed by atoms with Gasteiger partial charge >= 0.3 is 0 Å². The van der Waals surface area contributed by atoms with Crippen LogP contribution in [0.1, 0.15) is 23.8 Å². The maximum atomic E-state index is 13.4. The molecule has 1 aliphatic heterocycles. The molecule has 0 bridgehead atoms. The maximum Gasteiger partial charge on any atom is 0.245 e. The van der Waals surface area contributed by atoms with Gasteiger partial charge in [-0.15, -0.1) is 11.3 Å². The first kappa shape index (κ1) is 14.5.